The fourth-order valence-corrected chi connectivity index (χ4v) is 8.33. The van der Waals surface area contributed by atoms with Crippen molar-refractivity contribution in [2.24, 2.45) is 51.8 Å². The summed E-state index contributed by atoms with van der Waals surface area (Å²) >= 11 is 0. The van der Waals surface area contributed by atoms with Crippen LogP contribution in [0.5, 0.6) is 0 Å². The predicted molar refractivity (Wildman–Crippen MR) is 151 cm³/mol. The van der Waals surface area contributed by atoms with E-state index in [2.05, 4.69) is 74.5 Å². The summed E-state index contributed by atoms with van der Waals surface area (Å²) in [5, 5.41) is 9.80. The Morgan fingerprint density at radius 3 is 1.92 bits per heavy atom. The van der Waals surface area contributed by atoms with Crippen molar-refractivity contribution in [2.45, 2.75) is 132 Å². The molecule has 4 aliphatic rings. The average molecular weight is 503 g/mol. The van der Waals surface area contributed by atoms with Gasteiger partial charge in [0, 0.05) is 12.0 Å². The maximum Gasteiger partial charge on any atom is 0.313 e. The van der Waals surface area contributed by atoms with Crippen LogP contribution in [-0.2, 0) is 9.53 Å². The number of ether oxygens (including phenoxy) is 1. The maximum atomic E-state index is 13.6. The van der Waals surface area contributed by atoms with E-state index in [4.69, 9.17) is 4.74 Å². The topological polar surface area (TPSA) is 46.5 Å². The molecule has 0 aromatic rings. The highest BCUT2D eigenvalue weighted by molar-refractivity contribution is 5.75. The van der Waals surface area contributed by atoms with Crippen molar-refractivity contribution >= 4 is 5.97 Å². The summed E-state index contributed by atoms with van der Waals surface area (Å²) in [5.41, 5.74) is 0.208. The molecule has 0 spiro atoms. The fourth-order valence-electron chi connectivity index (χ4n) is 8.33. The third-order valence-electron chi connectivity index (χ3n) is 11.3. The average Bonchev–Trinajstić information content (AvgIpc) is 2.78. The Balaban J connectivity index is 1.73. The molecule has 3 atom stereocenters. The van der Waals surface area contributed by atoms with Gasteiger partial charge in [0.05, 0.1) is 5.92 Å². The van der Waals surface area contributed by atoms with Crippen LogP contribution >= 0.6 is 0 Å². The normalized spacial score (nSPS) is 31.0. The molecule has 0 amide bonds. The summed E-state index contributed by atoms with van der Waals surface area (Å²) < 4.78 is 6.42. The SMILES string of the molecule is CCC(C)(C)CC(C(C)C=CC(CCO)C(=O)OC(C)(C)C12CC3CC(CC(C3)C1)C2)C(C)(C)CC. The Morgan fingerprint density at radius 2 is 1.47 bits per heavy atom. The van der Waals surface area contributed by atoms with E-state index in [0.717, 1.165) is 24.2 Å². The summed E-state index contributed by atoms with van der Waals surface area (Å²) in [6.07, 6.45) is 16.1. The third-order valence-corrected chi connectivity index (χ3v) is 11.3. The van der Waals surface area contributed by atoms with Gasteiger partial charge in [0.15, 0.2) is 0 Å². The zero-order valence-electron chi connectivity index (χ0n) is 25.2. The van der Waals surface area contributed by atoms with Gasteiger partial charge in [0.2, 0.25) is 0 Å². The second-order valence-corrected chi connectivity index (χ2v) is 15.2. The van der Waals surface area contributed by atoms with Crippen LogP contribution in [0.25, 0.3) is 0 Å². The number of hydrogen-bond acceptors (Lipinski definition) is 3. The Labute approximate surface area is 223 Å². The number of esters is 1. The molecule has 0 aliphatic heterocycles. The number of carbonyl (C=O) groups is 1. The van der Waals surface area contributed by atoms with Crippen molar-refractivity contribution in [1.82, 2.24) is 0 Å². The van der Waals surface area contributed by atoms with Gasteiger partial charge < -0.3 is 9.84 Å². The van der Waals surface area contributed by atoms with Gasteiger partial charge in [-0.25, -0.2) is 0 Å². The van der Waals surface area contributed by atoms with E-state index in [1.54, 1.807) is 0 Å². The van der Waals surface area contributed by atoms with Crippen LogP contribution in [0, 0.1) is 51.8 Å². The van der Waals surface area contributed by atoms with Crippen LogP contribution in [-0.4, -0.2) is 23.3 Å². The highest BCUT2D eigenvalue weighted by Crippen LogP contribution is 2.64. The van der Waals surface area contributed by atoms with Gasteiger partial charge >= 0.3 is 5.97 Å². The van der Waals surface area contributed by atoms with E-state index in [1.807, 2.05) is 0 Å². The van der Waals surface area contributed by atoms with Crippen LogP contribution in [0.1, 0.15) is 127 Å². The van der Waals surface area contributed by atoms with Crippen molar-refractivity contribution in [2.75, 3.05) is 6.61 Å². The second kappa shape index (κ2) is 11.1. The van der Waals surface area contributed by atoms with Crippen molar-refractivity contribution < 1.29 is 14.6 Å². The molecule has 0 aromatic heterocycles. The van der Waals surface area contributed by atoms with Gasteiger partial charge in [0.25, 0.3) is 0 Å². The summed E-state index contributed by atoms with van der Waals surface area (Å²) in [4.78, 5) is 13.6. The van der Waals surface area contributed by atoms with Gasteiger partial charge in [0.1, 0.15) is 5.60 Å². The summed E-state index contributed by atoms with van der Waals surface area (Å²) in [6, 6.07) is 0. The Morgan fingerprint density at radius 1 is 0.944 bits per heavy atom. The van der Waals surface area contributed by atoms with Gasteiger partial charge in [-0.2, -0.15) is 0 Å². The molecule has 208 valence electrons. The minimum absolute atomic E-state index is 0.00300. The first kappa shape index (κ1) is 29.7. The van der Waals surface area contributed by atoms with Crippen LogP contribution in [0.4, 0.5) is 0 Å². The first-order chi connectivity index (χ1) is 16.7. The van der Waals surface area contributed by atoms with Crippen molar-refractivity contribution in [3.63, 3.8) is 0 Å². The quantitative estimate of drug-likeness (QED) is 0.203. The summed E-state index contributed by atoms with van der Waals surface area (Å²) in [6.45, 7) is 20.8. The highest BCUT2D eigenvalue weighted by Gasteiger charge is 2.58. The van der Waals surface area contributed by atoms with Crippen molar-refractivity contribution in [3.05, 3.63) is 12.2 Å². The lowest BCUT2D eigenvalue weighted by molar-refractivity contribution is -0.201. The Hall–Kier alpha value is -0.830. The van der Waals surface area contributed by atoms with E-state index in [-0.39, 0.29) is 29.3 Å². The van der Waals surface area contributed by atoms with Gasteiger partial charge in [-0.1, -0.05) is 73.5 Å². The lowest BCUT2D eigenvalue weighted by atomic mass is 9.46. The zero-order chi connectivity index (χ0) is 26.9. The van der Waals surface area contributed by atoms with Crippen LogP contribution in [0.15, 0.2) is 12.2 Å². The molecule has 0 saturated heterocycles. The fraction of sp³-hybridized carbons (Fsp3) is 0.909. The molecule has 4 aliphatic carbocycles. The van der Waals surface area contributed by atoms with E-state index in [0.29, 0.717) is 23.7 Å². The van der Waals surface area contributed by atoms with Crippen LogP contribution in [0.3, 0.4) is 0 Å². The number of allylic oxidation sites excluding steroid dienone is 1. The third kappa shape index (κ3) is 6.41. The molecule has 0 aromatic carbocycles. The molecule has 1 N–H and O–H groups in total. The van der Waals surface area contributed by atoms with Crippen LogP contribution in [0.2, 0.25) is 0 Å². The number of carbonyl (C=O) groups excluding carboxylic acids is 1. The van der Waals surface area contributed by atoms with Crippen molar-refractivity contribution in [3.8, 4) is 0 Å². The number of aliphatic hydroxyl groups excluding tert-OH is 1. The predicted octanol–water partition coefficient (Wildman–Crippen LogP) is 8.59. The maximum absolute atomic E-state index is 13.6. The molecule has 4 saturated carbocycles. The molecule has 3 heteroatoms. The molecule has 0 heterocycles. The molecule has 3 nitrogen and oxygen atoms in total. The second-order valence-electron chi connectivity index (χ2n) is 15.2. The standard InChI is InChI=1S/C33H58O3/c1-10-30(4,5)22-28(31(6,7)11-2)23(3)12-13-27(14-15-34)29(35)36-32(8,9)33-19-24-16-25(20-33)18-26(17-24)21-33/h12-13,23-28,34H,10-11,14-22H2,1-9H3. The van der Waals surface area contributed by atoms with E-state index in [1.165, 1.54) is 51.4 Å². The lowest BCUT2D eigenvalue weighted by Crippen LogP contribution is -2.57. The molecule has 0 radical (unpaired) electrons. The minimum Gasteiger partial charge on any atom is -0.459 e. The summed E-state index contributed by atoms with van der Waals surface area (Å²) in [7, 11) is 0. The monoisotopic (exact) mass is 502 g/mol. The van der Waals surface area contributed by atoms with E-state index < -0.39 is 5.60 Å². The Kier molecular flexibility index (Phi) is 9.17. The van der Waals surface area contributed by atoms with Gasteiger partial charge in [-0.05, 0) is 106 Å². The first-order valence-electron chi connectivity index (χ1n) is 15.2. The number of hydrogen-bond donors (Lipinski definition) is 1. The molecular formula is C33H58O3. The molecule has 36 heavy (non-hydrogen) atoms. The number of aliphatic hydroxyl groups is 1. The number of rotatable bonds is 13. The lowest BCUT2D eigenvalue weighted by Gasteiger charge is -2.61. The molecule has 3 unspecified atom stereocenters. The first-order valence-corrected chi connectivity index (χ1v) is 15.2. The Bertz CT molecular complexity index is 739. The summed E-state index contributed by atoms with van der Waals surface area (Å²) in [5.74, 6) is 2.85. The smallest absolute Gasteiger partial charge is 0.313 e. The van der Waals surface area contributed by atoms with E-state index >= 15 is 0 Å². The largest absolute Gasteiger partial charge is 0.459 e. The van der Waals surface area contributed by atoms with E-state index in [9.17, 15) is 9.90 Å². The highest BCUT2D eigenvalue weighted by atomic mass is 16.6. The molecule has 4 rings (SSSR count). The van der Waals surface area contributed by atoms with Crippen LogP contribution < -0.4 is 0 Å². The molecule has 4 bridgehead atoms. The molecular weight excluding hydrogens is 444 g/mol. The van der Waals surface area contributed by atoms with Gasteiger partial charge in [-0.15, -0.1) is 0 Å². The van der Waals surface area contributed by atoms with Gasteiger partial charge in [-0.3, -0.25) is 4.79 Å². The molecule has 4 fully saturated rings. The zero-order valence-corrected chi connectivity index (χ0v) is 25.2. The minimum atomic E-state index is -0.453. The van der Waals surface area contributed by atoms with Crippen molar-refractivity contribution in [1.29, 1.82) is 0 Å².